The summed E-state index contributed by atoms with van der Waals surface area (Å²) in [6.07, 6.45) is 0.222. The third kappa shape index (κ3) is 4.38. The molecule has 24 heavy (non-hydrogen) atoms. The first-order valence-electron chi connectivity index (χ1n) is 7.81. The van der Waals surface area contributed by atoms with Crippen molar-refractivity contribution in [3.63, 3.8) is 0 Å². The van der Waals surface area contributed by atoms with Crippen molar-refractivity contribution in [2.45, 2.75) is 53.1 Å². The Morgan fingerprint density at radius 3 is 2.58 bits per heavy atom. The van der Waals surface area contributed by atoms with Crippen LogP contribution in [0, 0.1) is 13.8 Å². The maximum atomic E-state index is 12.1. The summed E-state index contributed by atoms with van der Waals surface area (Å²) in [6, 6.07) is -0.149. The molecular formula is C15H22N6O2S. The Hall–Kier alpha value is -2.29. The number of anilines is 1. The molecule has 0 aliphatic heterocycles. The normalized spacial score (nSPS) is 12.0. The van der Waals surface area contributed by atoms with Gasteiger partial charge >= 0.3 is 0 Å². The highest BCUT2D eigenvalue weighted by atomic mass is 32.1. The predicted octanol–water partition coefficient (Wildman–Crippen LogP) is 1.97. The third-order valence-corrected chi connectivity index (χ3v) is 4.34. The number of nitrogens with zero attached hydrogens (tertiary/aromatic N) is 4. The van der Waals surface area contributed by atoms with Crippen LogP contribution in [-0.2, 0) is 16.1 Å². The number of hydrogen-bond acceptors (Lipinski definition) is 6. The molecule has 2 rings (SSSR count). The molecule has 0 spiro atoms. The zero-order chi connectivity index (χ0) is 17.7. The fourth-order valence-corrected chi connectivity index (χ4v) is 3.13. The molecule has 2 amide bonds. The van der Waals surface area contributed by atoms with E-state index in [1.165, 1.54) is 16.8 Å². The van der Waals surface area contributed by atoms with Gasteiger partial charge in [0.05, 0.1) is 11.7 Å². The van der Waals surface area contributed by atoms with Crippen molar-refractivity contribution in [2.24, 2.45) is 0 Å². The molecule has 2 aromatic rings. The van der Waals surface area contributed by atoms with Crippen molar-refractivity contribution in [3.05, 3.63) is 22.5 Å². The number of carbonyl (C=O) groups is 2. The van der Waals surface area contributed by atoms with Gasteiger partial charge in [0, 0.05) is 30.6 Å². The van der Waals surface area contributed by atoms with Crippen LogP contribution in [0.4, 0.5) is 5.13 Å². The largest absolute Gasteiger partial charge is 0.349 e. The van der Waals surface area contributed by atoms with E-state index in [0.29, 0.717) is 5.13 Å². The average Bonchev–Trinajstić information content (AvgIpc) is 3.12. The molecule has 8 nitrogen and oxygen atoms in total. The van der Waals surface area contributed by atoms with Crippen LogP contribution in [0.15, 0.2) is 5.51 Å². The lowest BCUT2D eigenvalue weighted by Crippen LogP contribution is -2.28. The van der Waals surface area contributed by atoms with Crippen LogP contribution in [0.2, 0.25) is 0 Å². The Bertz CT molecular complexity index is 710. The first-order valence-corrected chi connectivity index (χ1v) is 8.69. The standard InChI is InChI=1S/C15H22N6O2S/c1-5-21-11(4)14(10(3)20-21)9(2)17-12(22)6-7-13(23)18-15-19-16-8-24-15/h8-9H,5-7H2,1-4H3,(H,17,22)(H,18,19,23). The van der Waals surface area contributed by atoms with E-state index in [9.17, 15) is 9.59 Å². The molecular weight excluding hydrogens is 328 g/mol. The van der Waals surface area contributed by atoms with E-state index >= 15 is 0 Å². The van der Waals surface area contributed by atoms with E-state index in [1.54, 1.807) is 0 Å². The van der Waals surface area contributed by atoms with Gasteiger partial charge in [0.15, 0.2) is 0 Å². The van der Waals surface area contributed by atoms with Crippen LogP contribution < -0.4 is 10.6 Å². The zero-order valence-corrected chi connectivity index (χ0v) is 15.1. The van der Waals surface area contributed by atoms with E-state index in [4.69, 9.17) is 0 Å². The van der Waals surface area contributed by atoms with Crippen LogP contribution in [0.3, 0.4) is 0 Å². The number of carbonyl (C=O) groups excluding carboxylic acids is 2. The van der Waals surface area contributed by atoms with E-state index in [2.05, 4.69) is 25.9 Å². The molecule has 0 saturated heterocycles. The quantitative estimate of drug-likeness (QED) is 0.795. The Morgan fingerprint density at radius 1 is 1.29 bits per heavy atom. The Morgan fingerprint density at radius 2 is 2.00 bits per heavy atom. The minimum Gasteiger partial charge on any atom is -0.349 e. The van der Waals surface area contributed by atoms with Crippen LogP contribution in [0.5, 0.6) is 0 Å². The summed E-state index contributed by atoms with van der Waals surface area (Å²) >= 11 is 1.24. The molecule has 0 aliphatic carbocycles. The third-order valence-electron chi connectivity index (χ3n) is 3.73. The van der Waals surface area contributed by atoms with Crippen LogP contribution >= 0.6 is 11.3 Å². The number of nitrogens with one attached hydrogen (secondary N) is 2. The van der Waals surface area contributed by atoms with E-state index < -0.39 is 0 Å². The van der Waals surface area contributed by atoms with Crippen molar-refractivity contribution in [1.82, 2.24) is 25.3 Å². The summed E-state index contributed by atoms with van der Waals surface area (Å²) in [5.41, 5.74) is 4.53. The fourth-order valence-electron chi connectivity index (χ4n) is 2.67. The highest BCUT2D eigenvalue weighted by Crippen LogP contribution is 2.21. The molecule has 1 atom stereocenters. The van der Waals surface area contributed by atoms with Gasteiger partial charge in [-0.05, 0) is 27.7 Å². The molecule has 2 N–H and O–H groups in total. The highest BCUT2D eigenvalue weighted by molar-refractivity contribution is 7.13. The van der Waals surface area contributed by atoms with E-state index in [1.807, 2.05) is 32.4 Å². The molecule has 130 valence electrons. The Kier molecular flexibility index (Phi) is 6.02. The van der Waals surface area contributed by atoms with E-state index in [-0.39, 0.29) is 30.7 Å². The van der Waals surface area contributed by atoms with Gasteiger partial charge in [-0.1, -0.05) is 11.3 Å². The van der Waals surface area contributed by atoms with Crippen molar-refractivity contribution in [3.8, 4) is 0 Å². The van der Waals surface area contributed by atoms with Gasteiger partial charge in [0.25, 0.3) is 0 Å². The second-order valence-corrected chi connectivity index (χ2v) is 6.31. The van der Waals surface area contributed by atoms with Crippen LogP contribution in [0.25, 0.3) is 0 Å². The molecule has 0 fully saturated rings. The summed E-state index contributed by atoms with van der Waals surface area (Å²) in [6.45, 7) is 8.68. The molecule has 2 aromatic heterocycles. The van der Waals surface area contributed by atoms with Crippen molar-refractivity contribution in [1.29, 1.82) is 0 Å². The van der Waals surface area contributed by atoms with Gasteiger partial charge in [-0.2, -0.15) is 5.10 Å². The van der Waals surface area contributed by atoms with Gasteiger partial charge in [-0.3, -0.25) is 14.3 Å². The Labute approximate surface area is 144 Å². The number of rotatable bonds is 7. The minimum atomic E-state index is -0.249. The van der Waals surface area contributed by atoms with Crippen LogP contribution in [-0.4, -0.2) is 31.8 Å². The average molecular weight is 350 g/mol. The summed E-state index contributed by atoms with van der Waals surface area (Å²) in [5.74, 6) is -0.418. The topological polar surface area (TPSA) is 102 Å². The van der Waals surface area contributed by atoms with Crippen molar-refractivity contribution in [2.75, 3.05) is 5.32 Å². The highest BCUT2D eigenvalue weighted by Gasteiger charge is 2.19. The summed E-state index contributed by atoms with van der Waals surface area (Å²) in [4.78, 5) is 23.8. The zero-order valence-electron chi connectivity index (χ0n) is 14.3. The van der Waals surface area contributed by atoms with Gasteiger partial charge in [-0.15, -0.1) is 10.2 Å². The maximum absolute atomic E-state index is 12.1. The lowest BCUT2D eigenvalue weighted by Gasteiger charge is -2.15. The minimum absolute atomic E-state index is 0.102. The SMILES string of the molecule is CCn1nc(C)c(C(C)NC(=O)CCC(=O)Nc2nncs2)c1C. The van der Waals surface area contributed by atoms with E-state index in [0.717, 1.165) is 23.5 Å². The molecule has 0 aliphatic rings. The lowest BCUT2D eigenvalue weighted by molar-refractivity contribution is -0.124. The molecule has 9 heteroatoms. The molecule has 1 unspecified atom stereocenters. The van der Waals surface area contributed by atoms with Gasteiger partial charge in [-0.25, -0.2) is 0 Å². The summed E-state index contributed by atoms with van der Waals surface area (Å²) in [5, 5.41) is 17.8. The monoisotopic (exact) mass is 350 g/mol. The smallest absolute Gasteiger partial charge is 0.226 e. The second-order valence-electron chi connectivity index (χ2n) is 5.48. The summed E-state index contributed by atoms with van der Waals surface area (Å²) < 4.78 is 1.92. The van der Waals surface area contributed by atoms with Crippen molar-refractivity contribution >= 4 is 28.3 Å². The summed E-state index contributed by atoms with van der Waals surface area (Å²) in [7, 11) is 0. The fraction of sp³-hybridized carbons (Fsp3) is 0.533. The van der Waals surface area contributed by atoms with Gasteiger partial charge < -0.3 is 10.6 Å². The first-order chi connectivity index (χ1) is 11.4. The van der Waals surface area contributed by atoms with Crippen molar-refractivity contribution < 1.29 is 9.59 Å². The molecule has 0 aromatic carbocycles. The number of aryl methyl sites for hydroxylation is 2. The first kappa shape index (κ1) is 18.1. The number of hydrogen-bond donors (Lipinski definition) is 2. The lowest BCUT2D eigenvalue weighted by atomic mass is 10.1. The molecule has 0 bridgehead atoms. The number of amides is 2. The van der Waals surface area contributed by atoms with Gasteiger partial charge in [0.1, 0.15) is 5.51 Å². The number of aromatic nitrogens is 4. The second kappa shape index (κ2) is 8.00. The maximum Gasteiger partial charge on any atom is 0.226 e. The molecule has 2 heterocycles. The Balaban J connectivity index is 1.85. The van der Waals surface area contributed by atoms with Gasteiger partial charge in [0.2, 0.25) is 16.9 Å². The molecule has 0 saturated carbocycles. The van der Waals surface area contributed by atoms with Crippen LogP contribution in [0.1, 0.15) is 49.7 Å². The predicted molar refractivity (Wildman–Crippen MR) is 91.7 cm³/mol. The molecule has 0 radical (unpaired) electrons.